The van der Waals surface area contributed by atoms with Gasteiger partial charge < -0.3 is 0 Å². The highest BCUT2D eigenvalue weighted by Gasteiger charge is 2.53. The molecule has 0 N–H and O–H groups in total. The minimum atomic E-state index is 0.149. The summed E-state index contributed by atoms with van der Waals surface area (Å²) in [6.07, 6.45) is 20.0. The zero-order valence-electron chi connectivity index (χ0n) is 21.7. The highest BCUT2D eigenvalue weighted by Crippen LogP contribution is 2.67. The van der Waals surface area contributed by atoms with Crippen LogP contribution in [0.15, 0.2) is 60.7 Å². The molecule has 2 aromatic carbocycles. The SMILES string of the molecule is CC(C)(C1C=C(C23CCC(CC2)C3)c2ccccc21)C1C=C(C23CCC(CC2)C3)c2ccccc21. The van der Waals surface area contributed by atoms with Crippen molar-refractivity contribution in [3.05, 3.63) is 82.9 Å². The summed E-state index contributed by atoms with van der Waals surface area (Å²) < 4.78 is 0. The molecule has 2 aromatic rings. The van der Waals surface area contributed by atoms with Gasteiger partial charge in [0, 0.05) is 11.8 Å². The van der Waals surface area contributed by atoms with Crippen molar-refractivity contribution in [2.75, 3.05) is 0 Å². The van der Waals surface area contributed by atoms with Gasteiger partial charge in [0.1, 0.15) is 0 Å². The van der Waals surface area contributed by atoms with E-state index in [0.717, 1.165) is 11.8 Å². The Labute approximate surface area is 211 Å². The molecule has 0 amide bonds. The van der Waals surface area contributed by atoms with Gasteiger partial charge in [0.05, 0.1) is 0 Å². The lowest BCUT2D eigenvalue weighted by atomic mass is 9.66. The van der Waals surface area contributed by atoms with E-state index in [1.807, 2.05) is 0 Å². The molecule has 0 aromatic heterocycles. The number of hydrogen-bond donors (Lipinski definition) is 0. The van der Waals surface area contributed by atoms with Crippen LogP contribution < -0.4 is 0 Å². The zero-order chi connectivity index (χ0) is 23.4. The number of benzene rings is 2. The third kappa shape index (κ3) is 2.75. The second-order valence-corrected chi connectivity index (χ2v) is 14.0. The van der Waals surface area contributed by atoms with Crippen LogP contribution in [0.3, 0.4) is 0 Å². The molecule has 0 aliphatic heterocycles. The average Bonchev–Trinajstić information content (AvgIpc) is 3.71. The van der Waals surface area contributed by atoms with Crippen LogP contribution in [0.4, 0.5) is 0 Å². The van der Waals surface area contributed by atoms with Crippen molar-refractivity contribution in [1.82, 2.24) is 0 Å². The Balaban J connectivity index is 1.24. The molecular weight excluding hydrogens is 420 g/mol. The molecule has 0 heteroatoms. The Morgan fingerprint density at radius 3 is 1.37 bits per heavy atom. The Hall–Kier alpha value is -2.08. The fourth-order valence-electron chi connectivity index (χ4n) is 10.2. The van der Waals surface area contributed by atoms with Gasteiger partial charge in [-0.15, -0.1) is 0 Å². The van der Waals surface area contributed by atoms with Crippen molar-refractivity contribution >= 4 is 11.1 Å². The molecule has 0 heterocycles. The Morgan fingerprint density at radius 2 is 1.00 bits per heavy atom. The summed E-state index contributed by atoms with van der Waals surface area (Å²) in [5.41, 5.74) is 11.0. The van der Waals surface area contributed by atoms with Crippen molar-refractivity contribution < 1.29 is 0 Å². The molecule has 180 valence electrons. The lowest BCUT2D eigenvalue weighted by molar-refractivity contribution is 0.290. The maximum atomic E-state index is 2.78. The second-order valence-electron chi connectivity index (χ2n) is 14.0. The van der Waals surface area contributed by atoms with E-state index in [9.17, 15) is 0 Å². The van der Waals surface area contributed by atoms with Crippen LogP contribution in [0.25, 0.3) is 11.1 Å². The van der Waals surface area contributed by atoms with Crippen LogP contribution in [0, 0.1) is 28.1 Å². The smallest absolute Gasteiger partial charge is 0.00903 e. The Kier molecular flexibility index (Phi) is 4.22. The standard InChI is InChI=1S/C35H40/c1-33(2,29-19-31(27-9-5-3-7-25(27)29)34-15-11-23(21-34)12-16-34)30-20-32(28-10-6-4-8-26(28)30)35-17-13-24(22-35)14-18-35/h3-10,19-20,23-24,29-30H,11-18,21-22H2,1-2H3. The zero-order valence-corrected chi connectivity index (χ0v) is 21.7. The third-order valence-electron chi connectivity index (χ3n) is 12.1. The summed E-state index contributed by atoms with van der Waals surface area (Å²) in [6.45, 7) is 5.17. The van der Waals surface area contributed by atoms with Crippen molar-refractivity contribution in [2.45, 2.75) is 89.9 Å². The number of hydrogen-bond acceptors (Lipinski definition) is 0. The van der Waals surface area contributed by atoms with E-state index in [0.29, 0.717) is 22.7 Å². The lowest BCUT2D eigenvalue weighted by Gasteiger charge is -2.37. The molecule has 0 radical (unpaired) electrons. The number of rotatable bonds is 4. The summed E-state index contributed by atoms with van der Waals surface area (Å²) in [5, 5.41) is 0. The molecule has 4 bridgehead atoms. The highest BCUT2D eigenvalue weighted by molar-refractivity contribution is 5.82. The molecule has 4 fully saturated rings. The predicted octanol–water partition coefficient (Wildman–Crippen LogP) is 9.53. The van der Waals surface area contributed by atoms with E-state index in [4.69, 9.17) is 0 Å². The Bertz CT molecular complexity index is 1150. The van der Waals surface area contributed by atoms with Crippen molar-refractivity contribution in [2.24, 2.45) is 28.1 Å². The molecule has 6 aliphatic rings. The van der Waals surface area contributed by atoms with E-state index in [1.54, 1.807) is 33.4 Å². The lowest BCUT2D eigenvalue weighted by Crippen LogP contribution is -2.26. The van der Waals surface area contributed by atoms with Crippen molar-refractivity contribution in [1.29, 1.82) is 0 Å². The fraction of sp³-hybridized carbons (Fsp3) is 0.543. The van der Waals surface area contributed by atoms with Crippen LogP contribution >= 0.6 is 0 Å². The van der Waals surface area contributed by atoms with Crippen LogP contribution in [0.5, 0.6) is 0 Å². The molecule has 4 saturated carbocycles. The first-order valence-corrected chi connectivity index (χ1v) is 14.6. The van der Waals surface area contributed by atoms with Crippen LogP contribution in [-0.4, -0.2) is 0 Å². The van der Waals surface area contributed by atoms with E-state index in [1.165, 1.54) is 64.2 Å². The molecule has 6 aliphatic carbocycles. The molecule has 2 atom stereocenters. The summed E-state index contributed by atoms with van der Waals surface area (Å²) in [7, 11) is 0. The second kappa shape index (κ2) is 7.02. The third-order valence-corrected chi connectivity index (χ3v) is 12.1. The van der Waals surface area contributed by atoms with Gasteiger partial charge in [0.15, 0.2) is 0 Å². The molecule has 0 nitrogen and oxygen atoms in total. The van der Waals surface area contributed by atoms with Gasteiger partial charge in [-0.3, -0.25) is 0 Å². The van der Waals surface area contributed by atoms with E-state index >= 15 is 0 Å². The topological polar surface area (TPSA) is 0 Å². The molecule has 2 unspecified atom stereocenters. The first-order chi connectivity index (χ1) is 17.0. The largest absolute Gasteiger partial charge is 0.0720 e. The van der Waals surface area contributed by atoms with E-state index in [-0.39, 0.29) is 5.41 Å². The molecular formula is C35H40. The number of fused-ring (bicyclic) bond motifs is 6. The highest BCUT2D eigenvalue weighted by atomic mass is 14.6. The van der Waals surface area contributed by atoms with E-state index < -0.39 is 0 Å². The van der Waals surface area contributed by atoms with Gasteiger partial charge >= 0.3 is 0 Å². The van der Waals surface area contributed by atoms with Crippen LogP contribution in [0.2, 0.25) is 0 Å². The summed E-state index contributed by atoms with van der Waals surface area (Å²) >= 11 is 0. The minimum Gasteiger partial charge on any atom is -0.0720 e. The van der Waals surface area contributed by atoms with E-state index in [2.05, 4.69) is 74.5 Å². The first kappa shape index (κ1) is 21.0. The van der Waals surface area contributed by atoms with Crippen molar-refractivity contribution in [3.63, 3.8) is 0 Å². The van der Waals surface area contributed by atoms with Gasteiger partial charge in [0.25, 0.3) is 0 Å². The van der Waals surface area contributed by atoms with Gasteiger partial charge in [-0.05, 0) is 126 Å². The summed E-state index contributed by atoms with van der Waals surface area (Å²) in [4.78, 5) is 0. The first-order valence-electron chi connectivity index (χ1n) is 14.6. The predicted molar refractivity (Wildman–Crippen MR) is 146 cm³/mol. The molecule has 8 rings (SSSR count). The molecule has 0 spiro atoms. The van der Waals surface area contributed by atoms with Gasteiger partial charge in [-0.2, -0.15) is 0 Å². The monoisotopic (exact) mass is 460 g/mol. The average molecular weight is 461 g/mol. The van der Waals surface area contributed by atoms with Gasteiger partial charge in [-0.25, -0.2) is 0 Å². The maximum absolute atomic E-state index is 2.78. The fourth-order valence-corrected chi connectivity index (χ4v) is 10.2. The molecule has 35 heavy (non-hydrogen) atoms. The Morgan fingerprint density at radius 1 is 0.600 bits per heavy atom. The van der Waals surface area contributed by atoms with Crippen molar-refractivity contribution in [3.8, 4) is 0 Å². The summed E-state index contributed by atoms with van der Waals surface area (Å²) in [5.74, 6) is 2.97. The van der Waals surface area contributed by atoms with Gasteiger partial charge in [0.2, 0.25) is 0 Å². The normalized spacial score (nSPS) is 38.6. The van der Waals surface area contributed by atoms with Crippen LogP contribution in [0.1, 0.15) is 112 Å². The quantitative estimate of drug-likeness (QED) is 0.426. The maximum Gasteiger partial charge on any atom is 0.00903 e. The molecule has 0 saturated heterocycles. The minimum absolute atomic E-state index is 0.149. The van der Waals surface area contributed by atoms with Crippen LogP contribution in [-0.2, 0) is 0 Å². The number of allylic oxidation sites excluding steroid dienone is 4. The summed E-state index contributed by atoms with van der Waals surface area (Å²) in [6, 6.07) is 19.0. The van der Waals surface area contributed by atoms with Gasteiger partial charge in [-0.1, -0.05) is 74.5 Å².